The minimum atomic E-state index is 0. The van der Waals surface area contributed by atoms with Crippen molar-refractivity contribution in [2.24, 2.45) is 10.9 Å². The van der Waals surface area contributed by atoms with Gasteiger partial charge >= 0.3 is 0 Å². The Balaban J connectivity index is 0.00000200. The molecule has 1 aromatic rings. The third-order valence-electron chi connectivity index (χ3n) is 3.36. The summed E-state index contributed by atoms with van der Waals surface area (Å²) in [4.78, 5) is 15.3. The van der Waals surface area contributed by atoms with Crippen LogP contribution in [0, 0.1) is 0 Å². The minimum absolute atomic E-state index is 0. The molecule has 1 saturated heterocycles. The second kappa shape index (κ2) is 8.59. The van der Waals surface area contributed by atoms with E-state index in [0.717, 1.165) is 31.9 Å². The lowest BCUT2D eigenvalue weighted by molar-refractivity contribution is -0.129. The van der Waals surface area contributed by atoms with Crippen molar-refractivity contribution in [3.8, 4) is 0 Å². The number of rotatable bonds is 2. The highest BCUT2D eigenvalue weighted by molar-refractivity contribution is 5.97. The van der Waals surface area contributed by atoms with E-state index in [-0.39, 0.29) is 36.6 Å². The molecule has 0 radical (unpaired) electrons. The van der Waals surface area contributed by atoms with Crippen LogP contribution in [-0.4, -0.2) is 48.0 Å². The minimum Gasteiger partial charge on any atom is -0.409 e. The fraction of sp³-hybridized carbons (Fsp3) is 0.385. The molecule has 0 aromatic heterocycles. The summed E-state index contributed by atoms with van der Waals surface area (Å²) in [6.45, 7) is 4.74. The summed E-state index contributed by atoms with van der Waals surface area (Å²) in [7, 11) is 0. The topological polar surface area (TPSA) is 82.2 Å². The molecule has 1 aliphatic rings. The third kappa shape index (κ3) is 4.68. The predicted octanol–water partition coefficient (Wildman–Crippen LogP) is 1.29. The molecule has 0 bridgehead atoms. The van der Waals surface area contributed by atoms with Gasteiger partial charge < -0.3 is 20.7 Å². The van der Waals surface area contributed by atoms with Gasteiger partial charge in [0.25, 0.3) is 0 Å². The Bertz CT molecular complexity index is 485. The van der Waals surface area contributed by atoms with Gasteiger partial charge in [-0.1, -0.05) is 5.16 Å². The van der Waals surface area contributed by atoms with E-state index in [1.54, 1.807) is 6.92 Å². The van der Waals surface area contributed by atoms with Crippen molar-refractivity contribution in [2.75, 3.05) is 31.1 Å². The summed E-state index contributed by atoms with van der Waals surface area (Å²) in [5, 5.41) is 11.6. The van der Waals surface area contributed by atoms with Gasteiger partial charge in [-0.15, -0.1) is 24.8 Å². The number of carbonyl (C=O) groups excluding carboxylic acids is 1. The second-order valence-electron chi connectivity index (χ2n) is 4.53. The van der Waals surface area contributed by atoms with Crippen LogP contribution >= 0.6 is 24.8 Å². The number of hydrogen-bond acceptors (Lipinski definition) is 4. The number of piperazine rings is 1. The van der Waals surface area contributed by atoms with Crippen LogP contribution in [0.15, 0.2) is 29.4 Å². The predicted molar refractivity (Wildman–Crippen MR) is 87.9 cm³/mol. The Morgan fingerprint density at radius 2 is 1.67 bits per heavy atom. The molecule has 6 nitrogen and oxygen atoms in total. The number of oxime groups is 1. The van der Waals surface area contributed by atoms with Crippen LogP contribution in [0.2, 0.25) is 0 Å². The Hall–Kier alpha value is -1.66. The van der Waals surface area contributed by atoms with Crippen molar-refractivity contribution in [3.05, 3.63) is 29.8 Å². The number of amidine groups is 1. The molecule has 118 valence electrons. The molecule has 0 spiro atoms. The fourth-order valence-corrected chi connectivity index (χ4v) is 2.18. The molecule has 2 rings (SSSR count). The lowest BCUT2D eigenvalue weighted by atomic mass is 10.1. The van der Waals surface area contributed by atoms with Crippen molar-refractivity contribution in [1.29, 1.82) is 0 Å². The van der Waals surface area contributed by atoms with Gasteiger partial charge in [0.1, 0.15) is 0 Å². The van der Waals surface area contributed by atoms with Crippen LogP contribution in [0.5, 0.6) is 0 Å². The molecule has 1 heterocycles. The van der Waals surface area contributed by atoms with Crippen LogP contribution in [0.1, 0.15) is 12.5 Å². The smallest absolute Gasteiger partial charge is 0.219 e. The molecule has 21 heavy (non-hydrogen) atoms. The Morgan fingerprint density at radius 1 is 1.14 bits per heavy atom. The van der Waals surface area contributed by atoms with Crippen LogP contribution < -0.4 is 10.6 Å². The van der Waals surface area contributed by atoms with Crippen molar-refractivity contribution in [2.45, 2.75) is 6.92 Å². The summed E-state index contributed by atoms with van der Waals surface area (Å²) in [6, 6.07) is 7.52. The number of nitrogens with zero attached hydrogens (tertiary/aromatic N) is 3. The normalized spacial score (nSPS) is 15.0. The number of amides is 1. The van der Waals surface area contributed by atoms with Crippen molar-refractivity contribution in [1.82, 2.24) is 4.90 Å². The van der Waals surface area contributed by atoms with Gasteiger partial charge in [0.05, 0.1) is 0 Å². The van der Waals surface area contributed by atoms with E-state index in [4.69, 9.17) is 10.9 Å². The molecule has 0 saturated carbocycles. The van der Waals surface area contributed by atoms with Gasteiger partial charge in [-0.2, -0.15) is 0 Å². The van der Waals surface area contributed by atoms with E-state index in [9.17, 15) is 4.79 Å². The lowest BCUT2D eigenvalue weighted by Gasteiger charge is -2.35. The molecule has 1 fully saturated rings. The highest BCUT2D eigenvalue weighted by Gasteiger charge is 2.18. The molecule has 1 aromatic carbocycles. The molecule has 0 unspecified atom stereocenters. The van der Waals surface area contributed by atoms with Crippen LogP contribution in [0.25, 0.3) is 0 Å². The molecule has 0 atom stereocenters. The number of benzene rings is 1. The number of nitrogens with two attached hydrogens (primary N) is 1. The quantitative estimate of drug-likeness (QED) is 0.369. The largest absolute Gasteiger partial charge is 0.409 e. The lowest BCUT2D eigenvalue weighted by Crippen LogP contribution is -2.48. The Morgan fingerprint density at radius 3 is 2.10 bits per heavy atom. The van der Waals surface area contributed by atoms with Gasteiger partial charge in [-0.3, -0.25) is 4.79 Å². The average molecular weight is 335 g/mol. The first-order valence-electron chi connectivity index (χ1n) is 6.20. The maximum absolute atomic E-state index is 11.3. The van der Waals surface area contributed by atoms with Crippen LogP contribution in [0.4, 0.5) is 5.69 Å². The molecule has 1 amide bonds. The Labute approximate surface area is 136 Å². The summed E-state index contributed by atoms with van der Waals surface area (Å²) < 4.78 is 0. The highest BCUT2D eigenvalue weighted by atomic mass is 35.5. The first-order valence-corrected chi connectivity index (χ1v) is 6.20. The van der Waals surface area contributed by atoms with E-state index in [0.29, 0.717) is 5.56 Å². The zero-order valence-electron chi connectivity index (χ0n) is 11.7. The van der Waals surface area contributed by atoms with E-state index >= 15 is 0 Å². The van der Waals surface area contributed by atoms with Gasteiger partial charge in [-0.25, -0.2) is 0 Å². The molecule has 8 heteroatoms. The molecular weight excluding hydrogens is 315 g/mol. The summed E-state index contributed by atoms with van der Waals surface area (Å²) >= 11 is 0. The summed E-state index contributed by atoms with van der Waals surface area (Å²) in [5.74, 6) is 0.231. The standard InChI is InChI=1S/C13H18N4O2.2ClH/c1-10(18)16-6-8-17(9-7-16)12-4-2-11(3-5-12)13(14)15-19;;/h2-5,19H,6-9H2,1H3,(H2,14,15);2*1H. The van der Waals surface area contributed by atoms with E-state index in [2.05, 4.69) is 10.1 Å². The summed E-state index contributed by atoms with van der Waals surface area (Å²) in [6.07, 6.45) is 0. The zero-order chi connectivity index (χ0) is 13.8. The maximum Gasteiger partial charge on any atom is 0.219 e. The number of hydrogen-bond donors (Lipinski definition) is 2. The number of anilines is 1. The average Bonchev–Trinajstić information content (AvgIpc) is 2.46. The van der Waals surface area contributed by atoms with Gasteiger partial charge in [0.15, 0.2) is 5.84 Å². The molecule has 3 N–H and O–H groups in total. The van der Waals surface area contributed by atoms with Crippen LogP contribution in [0.3, 0.4) is 0 Å². The van der Waals surface area contributed by atoms with Gasteiger partial charge in [0, 0.05) is 44.4 Å². The summed E-state index contributed by atoms with van der Waals surface area (Å²) in [5.41, 5.74) is 7.29. The SMILES string of the molecule is CC(=O)N1CCN(c2ccc(C(N)=NO)cc2)CC1.Cl.Cl. The van der Waals surface area contributed by atoms with E-state index < -0.39 is 0 Å². The third-order valence-corrected chi connectivity index (χ3v) is 3.36. The second-order valence-corrected chi connectivity index (χ2v) is 4.53. The van der Waals surface area contributed by atoms with Crippen molar-refractivity contribution in [3.63, 3.8) is 0 Å². The number of carbonyl (C=O) groups is 1. The van der Waals surface area contributed by atoms with Gasteiger partial charge in [-0.05, 0) is 24.3 Å². The molecular formula is C13H20Cl2N4O2. The van der Waals surface area contributed by atoms with Crippen LogP contribution in [-0.2, 0) is 4.79 Å². The Kier molecular flexibility index (Phi) is 7.91. The maximum atomic E-state index is 11.3. The molecule has 0 aliphatic carbocycles. The fourth-order valence-electron chi connectivity index (χ4n) is 2.18. The van der Waals surface area contributed by atoms with Gasteiger partial charge in [0.2, 0.25) is 5.91 Å². The molecule has 1 aliphatic heterocycles. The van der Waals surface area contributed by atoms with E-state index in [1.165, 1.54) is 0 Å². The van der Waals surface area contributed by atoms with Crippen molar-refractivity contribution < 1.29 is 10.0 Å². The first kappa shape index (κ1) is 19.3. The van der Waals surface area contributed by atoms with E-state index in [1.807, 2.05) is 29.2 Å². The zero-order valence-corrected chi connectivity index (χ0v) is 13.4. The van der Waals surface area contributed by atoms with Crippen molar-refractivity contribution >= 4 is 42.2 Å². The monoisotopic (exact) mass is 334 g/mol. The first-order chi connectivity index (χ1) is 9.11. The number of halogens is 2. The highest BCUT2D eigenvalue weighted by Crippen LogP contribution is 2.17.